The fourth-order valence-corrected chi connectivity index (χ4v) is 3.03. The maximum atomic E-state index is 4.29. The predicted octanol–water partition coefficient (Wildman–Crippen LogP) is 2.91. The summed E-state index contributed by atoms with van der Waals surface area (Å²) in [6, 6.07) is 0. The highest BCUT2D eigenvalue weighted by molar-refractivity contribution is 7.15. The van der Waals surface area contributed by atoms with E-state index in [4.69, 9.17) is 0 Å². The summed E-state index contributed by atoms with van der Waals surface area (Å²) in [4.78, 5) is 4.93. The molecule has 0 spiro atoms. The molecule has 0 aliphatic carbocycles. The molecule has 0 atom stereocenters. The summed E-state index contributed by atoms with van der Waals surface area (Å²) in [5.41, 5.74) is 0. The van der Waals surface area contributed by atoms with E-state index in [1.54, 1.807) is 11.3 Å². The second kappa shape index (κ2) is 10.9. The van der Waals surface area contributed by atoms with Gasteiger partial charge in [0.25, 0.3) is 0 Å². The Balaban J connectivity index is 2.34. The minimum atomic E-state index is 0.917. The van der Waals surface area contributed by atoms with Crippen LogP contribution < -0.4 is 5.32 Å². The summed E-state index contributed by atoms with van der Waals surface area (Å²) < 4.78 is 0. The monoisotopic (exact) mass is 313 g/mol. The van der Waals surface area contributed by atoms with E-state index in [0.717, 1.165) is 55.8 Å². The first kappa shape index (κ1) is 18.3. The molecular formula is C15H31N5S. The van der Waals surface area contributed by atoms with Gasteiger partial charge in [-0.05, 0) is 45.6 Å². The average Bonchev–Trinajstić information content (AvgIpc) is 2.95. The van der Waals surface area contributed by atoms with Crippen molar-refractivity contribution >= 4 is 16.5 Å². The number of rotatable bonds is 12. The molecule has 5 nitrogen and oxygen atoms in total. The summed E-state index contributed by atoms with van der Waals surface area (Å²) in [6.45, 7) is 16.4. The van der Waals surface area contributed by atoms with Crippen molar-refractivity contribution in [3.05, 3.63) is 5.01 Å². The van der Waals surface area contributed by atoms with E-state index < -0.39 is 0 Å². The molecule has 122 valence electrons. The van der Waals surface area contributed by atoms with Crippen LogP contribution in [0, 0.1) is 0 Å². The van der Waals surface area contributed by atoms with Crippen LogP contribution in [0.1, 0.15) is 45.5 Å². The second-order valence-electron chi connectivity index (χ2n) is 5.18. The Morgan fingerprint density at radius 2 is 1.62 bits per heavy atom. The number of hydrogen-bond acceptors (Lipinski definition) is 6. The number of aromatic nitrogens is 2. The Morgan fingerprint density at radius 3 is 2.24 bits per heavy atom. The molecule has 0 saturated carbocycles. The molecule has 0 fully saturated rings. The van der Waals surface area contributed by atoms with Crippen molar-refractivity contribution in [3.63, 3.8) is 0 Å². The van der Waals surface area contributed by atoms with E-state index in [0.29, 0.717) is 0 Å². The van der Waals surface area contributed by atoms with E-state index in [9.17, 15) is 0 Å². The quantitative estimate of drug-likeness (QED) is 0.643. The predicted molar refractivity (Wildman–Crippen MR) is 92.0 cm³/mol. The molecule has 1 aromatic rings. The molecular weight excluding hydrogens is 282 g/mol. The van der Waals surface area contributed by atoms with Crippen molar-refractivity contribution in [1.82, 2.24) is 20.0 Å². The van der Waals surface area contributed by atoms with Crippen LogP contribution in [0.3, 0.4) is 0 Å². The van der Waals surface area contributed by atoms with Crippen LogP contribution in [-0.4, -0.2) is 59.3 Å². The molecule has 1 rings (SSSR count). The molecule has 6 heteroatoms. The lowest BCUT2D eigenvalue weighted by molar-refractivity contribution is 0.238. The summed E-state index contributed by atoms with van der Waals surface area (Å²) in [6.07, 6.45) is 2.33. The minimum absolute atomic E-state index is 0.917. The SMILES string of the molecule is CCCNc1nnc(CN(CC)CCCN(CC)CC)s1. The van der Waals surface area contributed by atoms with Crippen LogP contribution in [-0.2, 0) is 6.54 Å². The Hall–Kier alpha value is -0.720. The van der Waals surface area contributed by atoms with Gasteiger partial charge in [0, 0.05) is 6.54 Å². The van der Waals surface area contributed by atoms with Gasteiger partial charge in [0.15, 0.2) is 0 Å². The van der Waals surface area contributed by atoms with Gasteiger partial charge < -0.3 is 10.2 Å². The number of anilines is 1. The van der Waals surface area contributed by atoms with E-state index in [1.807, 2.05) is 0 Å². The van der Waals surface area contributed by atoms with Crippen LogP contribution in [0.15, 0.2) is 0 Å². The van der Waals surface area contributed by atoms with Gasteiger partial charge in [-0.3, -0.25) is 4.90 Å². The lowest BCUT2D eigenvalue weighted by Crippen LogP contribution is -2.29. The maximum Gasteiger partial charge on any atom is 0.205 e. The van der Waals surface area contributed by atoms with Crippen molar-refractivity contribution < 1.29 is 0 Å². The van der Waals surface area contributed by atoms with Gasteiger partial charge in [0.2, 0.25) is 5.13 Å². The molecule has 1 aromatic heterocycles. The highest BCUT2D eigenvalue weighted by atomic mass is 32.1. The summed E-state index contributed by atoms with van der Waals surface area (Å²) >= 11 is 1.68. The Bertz CT molecular complexity index is 365. The lowest BCUT2D eigenvalue weighted by atomic mass is 10.3. The Morgan fingerprint density at radius 1 is 0.952 bits per heavy atom. The molecule has 0 aliphatic rings. The molecule has 0 aliphatic heterocycles. The van der Waals surface area contributed by atoms with Crippen LogP contribution in [0.5, 0.6) is 0 Å². The molecule has 1 N–H and O–H groups in total. The summed E-state index contributed by atoms with van der Waals surface area (Å²) in [7, 11) is 0. The van der Waals surface area contributed by atoms with Crippen molar-refractivity contribution in [2.24, 2.45) is 0 Å². The molecule has 0 amide bonds. The van der Waals surface area contributed by atoms with E-state index in [1.165, 1.54) is 13.0 Å². The third kappa shape index (κ3) is 7.20. The zero-order valence-electron chi connectivity index (χ0n) is 14.1. The van der Waals surface area contributed by atoms with Crippen molar-refractivity contribution in [2.75, 3.05) is 44.6 Å². The van der Waals surface area contributed by atoms with Crippen molar-refractivity contribution in [3.8, 4) is 0 Å². The smallest absolute Gasteiger partial charge is 0.205 e. The van der Waals surface area contributed by atoms with Gasteiger partial charge in [-0.2, -0.15) is 0 Å². The number of nitrogens with zero attached hydrogens (tertiary/aromatic N) is 4. The van der Waals surface area contributed by atoms with Gasteiger partial charge in [0.1, 0.15) is 5.01 Å². The first-order valence-corrected chi connectivity index (χ1v) is 9.05. The van der Waals surface area contributed by atoms with Crippen LogP contribution in [0.2, 0.25) is 0 Å². The molecule has 0 saturated heterocycles. The largest absolute Gasteiger partial charge is 0.360 e. The normalized spacial score (nSPS) is 11.5. The fraction of sp³-hybridized carbons (Fsp3) is 0.867. The minimum Gasteiger partial charge on any atom is -0.360 e. The first-order chi connectivity index (χ1) is 10.2. The third-order valence-electron chi connectivity index (χ3n) is 3.64. The topological polar surface area (TPSA) is 44.3 Å². The Kier molecular flexibility index (Phi) is 9.54. The van der Waals surface area contributed by atoms with Crippen LogP contribution >= 0.6 is 11.3 Å². The molecule has 0 radical (unpaired) electrons. The zero-order valence-corrected chi connectivity index (χ0v) is 14.9. The zero-order chi connectivity index (χ0) is 15.5. The highest BCUT2D eigenvalue weighted by Crippen LogP contribution is 2.16. The summed E-state index contributed by atoms with van der Waals surface area (Å²) in [5, 5.41) is 13.8. The lowest BCUT2D eigenvalue weighted by Gasteiger charge is -2.22. The average molecular weight is 314 g/mol. The molecule has 1 heterocycles. The molecule has 0 aromatic carbocycles. The standard InChI is InChI=1S/C15H31N5S/c1-5-10-16-15-18-17-14(21-15)13-20(8-4)12-9-11-19(6-2)7-3/h5-13H2,1-4H3,(H,16,18). The maximum absolute atomic E-state index is 4.29. The van der Waals surface area contributed by atoms with Gasteiger partial charge in [-0.15, -0.1) is 10.2 Å². The summed E-state index contributed by atoms with van der Waals surface area (Å²) in [5.74, 6) is 0. The molecule has 0 unspecified atom stereocenters. The highest BCUT2D eigenvalue weighted by Gasteiger charge is 2.09. The Labute approximate surface area is 133 Å². The van der Waals surface area contributed by atoms with Crippen molar-refractivity contribution in [2.45, 2.75) is 47.1 Å². The molecule has 21 heavy (non-hydrogen) atoms. The van der Waals surface area contributed by atoms with Crippen LogP contribution in [0.25, 0.3) is 0 Å². The first-order valence-electron chi connectivity index (χ1n) is 8.24. The third-order valence-corrected chi connectivity index (χ3v) is 4.51. The number of hydrogen-bond donors (Lipinski definition) is 1. The van der Waals surface area contributed by atoms with Gasteiger partial charge >= 0.3 is 0 Å². The van der Waals surface area contributed by atoms with Gasteiger partial charge in [-0.25, -0.2) is 0 Å². The second-order valence-corrected chi connectivity index (χ2v) is 6.24. The molecule has 0 bridgehead atoms. The van der Waals surface area contributed by atoms with E-state index in [-0.39, 0.29) is 0 Å². The fourth-order valence-electron chi connectivity index (χ4n) is 2.22. The van der Waals surface area contributed by atoms with E-state index >= 15 is 0 Å². The number of nitrogens with one attached hydrogen (secondary N) is 1. The van der Waals surface area contributed by atoms with Crippen LogP contribution in [0.4, 0.5) is 5.13 Å². The van der Waals surface area contributed by atoms with Gasteiger partial charge in [-0.1, -0.05) is 39.0 Å². The van der Waals surface area contributed by atoms with Crippen molar-refractivity contribution in [1.29, 1.82) is 0 Å². The van der Waals surface area contributed by atoms with E-state index in [2.05, 4.69) is 53.0 Å². The van der Waals surface area contributed by atoms with Gasteiger partial charge in [0.05, 0.1) is 6.54 Å².